The number of benzene rings is 1. The summed E-state index contributed by atoms with van der Waals surface area (Å²) >= 11 is 12.0. The lowest BCUT2D eigenvalue weighted by atomic mass is 10.3. The smallest absolute Gasteiger partial charge is 0.321 e. The molecule has 7 heteroatoms. The molecule has 0 bridgehead atoms. The monoisotopic (exact) mass is 346 g/mol. The molecular weight excluding hydrogens is 327 g/mol. The van der Waals surface area contributed by atoms with Gasteiger partial charge in [0.1, 0.15) is 0 Å². The molecule has 1 aromatic carbocycles. The second kappa shape index (κ2) is 9.54. The third-order valence-corrected chi connectivity index (χ3v) is 3.68. The Labute approximate surface area is 140 Å². The van der Waals surface area contributed by atoms with Gasteiger partial charge in [0.25, 0.3) is 0 Å². The van der Waals surface area contributed by atoms with Crippen molar-refractivity contribution in [3.63, 3.8) is 0 Å². The summed E-state index contributed by atoms with van der Waals surface area (Å²) in [4.78, 5) is 25.3. The molecule has 1 rings (SSSR count). The van der Waals surface area contributed by atoms with Crippen LogP contribution in [0.5, 0.6) is 0 Å². The summed E-state index contributed by atoms with van der Waals surface area (Å²) in [5.41, 5.74) is 0.441. The van der Waals surface area contributed by atoms with Crippen molar-refractivity contribution in [1.82, 2.24) is 4.90 Å². The number of halogens is 2. The van der Waals surface area contributed by atoms with E-state index in [0.717, 1.165) is 6.42 Å². The number of anilines is 1. The number of ether oxygens (including phenoxy) is 1. The Bertz CT molecular complexity index is 524. The molecule has 0 saturated carbocycles. The average Bonchev–Trinajstić information content (AvgIpc) is 2.48. The Morgan fingerprint density at radius 2 is 1.95 bits per heavy atom. The molecule has 2 amide bonds. The summed E-state index contributed by atoms with van der Waals surface area (Å²) in [6.07, 6.45) is 0.935. The molecule has 0 saturated heterocycles. The van der Waals surface area contributed by atoms with Crippen LogP contribution >= 0.6 is 23.2 Å². The Morgan fingerprint density at radius 1 is 1.23 bits per heavy atom. The van der Waals surface area contributed by atoms with Gasteiger partial charge in [-0.1, -0.05) is 36.2 Å². The van der Waals surface area contributed by atoms with E-state index in [-0.39, 0.29) is 25.0 Å². The highest BCUT2D eigenvalue weighted by Crippen LogP contribution is 2.29. The minimum Gasteiger partial charge on any atom is -0.466 e. The van der Waals surface area contributed by atoms with Crippen LogP contribution in [-0.4, -0.2) is 36.6 Å². The highest BCUT2D eigenvalue weighted by atomic mass is 35.5. The molecule has 0 spiro atoms. The number of carbonyl (C=O) groups is 2. The van der Waals surface area contributed by atoms with Crippen LogP contribution in [0.1, 0.15) is 26.7 Å². The van der Waals surface area contributed by atoms with Crippen molar-refractivity contribution in [2.45, 2.75) is 26.7 Å². The van der Waals surface area contributed by atoms with Crippen molar-refractivity contribution >= 4 is 40.9 Å². The van der Waals surface area contributed by atoms with Crippen LogP contribution in [0.15, 0.2) is 18.2 Å². The fraction of sp³-hybridized carbons (Fsp3) is 0.467. The van der Waals surface area contributed by atoms with Gasteiger partial charge in [-0.15, -0.1) is 0 Å². The van der Waals surface area contributed by atoms with Gasteiger partial charge in [0.2, 0.25) is 0 Å². The third kappa shape index (κ3) is 5.73. The fourth-order valence-corrected chi connectivity index (χ4v) is 2.19. The van der Waals surface area contributed by atoms with Crippen molar-refractivity contribution in [2.75, 3.05) is 25.0 Å². The van der Waals surface area contributed by atoms with Gasteiger partial charge < -0.3 is 15.0 Å². The standard InChI is InChI=1S/C15H20Cl2N2O3/c1-3-9-19(10-8-13(20)22-4-2)15(21)18-12-7-5-6-11(16)14(12)17/h5-7H,3-4,8-10H2,1-2H3,(H,18,21). The highest BCUT2D eigenvalue weighted by molar-refractivity contribution is 6.43. The largest absolute Gasteiger partial charge is 0.466 e. The van der Waals surface area contributed by atoms with Crippen LogP contribution in [-0.2, 0) is 9.53 Å². The van der Waals surface area contributed by atoms with Gasteiger partial charge in [-0.25, -0.2) is 4.79 Å². The summed E-state index contributed by atoms with van der Waals surface area (Å²) in [7, 11) is 0. The third-order valence-electron chi connectivity index (χ3n) is 2.87. The number of carbonyl (C=O) groups excluding carboxylic acids is 2. The van der Waals surface area contributed by atoms with Gasteiger partial charge in [0.15, 0.2) is 0 Å². The van der Waals surface area contributed by atoms with E-state index >= 15 is 0 Å². The fourth-order valence-electron chi connectivity index (χ4n) is 1.84. The first-order valence-corrected chi connectivity index (χ1v) is 7.90. The number of hydrogen-bond acceptors (Lipinski definition) is 3. The minimum absolute atomic E-state index is 0.157. The first-order valence-electron chi connectivity index (χ1n) is 7.15. The number of nitrogens with zero attached hydrogens (tertiary/aromatic N) is 1. The van der Waals surface area contributed by atoms with Crippen LogP contribution in [0.3, 0.4) is 0 Å². The topological polar surface area (TPSA) is 58.6 Å². The molecule has 0 unspecified atom stereocenters. The van der Waals surface area contributed by atoms with E-state index < -0.39 is 0 Å². The van der Waals surface area contributed by atoms with Crippen LogP contribution < -0.4 is 5.32 Å². The van der Waals surface area contributed by atoms with Crippen molar-refractivity contribution in [3.05, 3.63) is 28.2 Å². The molecule has 0 aromatic heterocycles. The molecular formula is C15H20Cl2N2O3. The molecule has 0 aliphatic carbocycles. The molecule has 0 aliphatic rings. The van der Waals surface area contributed by atoms with E-state index in [0.29, 0.717) is 28.9 Å². The highest BCUT2D eigenvalue weighted by Gasteiger charge is 2.16. The van der Waals surface area contributed by atoms with Crippen molar-refractivity contribution in [3.8, 4) is 0 Å². The lowest BCUT2D eigenvalue weighted by Gasteiger charge is -2.22. The van der Waals surface area contributed by atoms with Gasteiger partial charge in [0.05, 0.1) is 28.8 Å². The summed E-state index contributed by atoms with van der Waals surface area (Å²) in [5.74, 6) is -0.322. The van der Waals surface area contributed by atoms with E-state index in [2.05, 4.69) is 5.32 Å². The zero-order valence-corrected chi connectivity index (χ0v) is 14.2. The Balaban J connectivity index is 2.68. The molecule has 122 valence electrons. The maximum absolute atomic E-state index is 12.3. The number of amides is 2. The molecule has 5 nitrogen and oxygen atoms in total. The molecule has 22 heavy (non-hydrogen) atoms. The summed E-state index contributed by atoms with van der Waals surface area (Å²) in [6.45, 7) is 4.85. The molecule has 0 aliphatic heterocycles. The van der Waals surface area contributed by atoms with Gasteiger partial charge in [0, 0.05) is 13.1 Å². The number of rotatable bonds is 7. The Hall–Kier alpha value is -1.46. The summed E-state index contributed by atoms with van der Waals surface area (Å²) in [6, 6.07) is 4.69. The first-order chi connectivity index (χ1) is 10.5. The van der Waals surface area contributed by atoms with Gasteiger partial charge in [-0.05, 0) is 25.5 Å². The number of nitrogens with one attached hydrogen (secondary N) is 1. The first kappa shape index (κ1) is 18.6. The average molecular weight is 347 g/mol. The van der Waals surface area contributed by atoms with E-state index in [4.69, 9.17) is 27.9 Å². The summed E-state index contributed by atoms with van der Waals surface area (Å²) < 4.78 is 4.87. The molecule has 1 aromatic rings. The molecule has 1 N–H and O–H groups in total. The molecule has 0 atom stereocenters. The predicted octanol–water partition coefficient (Wildman–Crippen LogP) is 4.19. The molecule has 0 heterocycles. The molecule has 0 radical (unpaired) electrons. The van der Waals surface area contributed by atoms with E-state index in [1.807, 2.05) is 6.92 Å². The maximum atomic E-state index is 12.3. The van der Waals surface area contributed by atoms with Crippen molar-refractivity contribution in [1.29, 1.82) is 0 Å². The lowest BCUT2D eigenvalue weighted by Crippen LogP contribution is -2.37. The van der Waals surface area contributed by atoms with Crippen LogP contribution in [0.25, 0.3) is 0 Å². The zero-order chi connectivity index (χ0) is 16.5. The van der Waals surface area contributed by atoms with Gasteiger partial charge in [-0.3, -0.25) is 4.79 Å². The van der Waals surface area contributed by atoms with Gasteiger partial charge in [-0.2, -0.15) is 0 Å². The number of urea groups is 1. The second-order valence-electron chi connectivity index (χ2n) is 4.57. The maximum Gasteiger partial charge on any atom is 0.321 e. The lowest BCUT2D eigenvalue weighted by molar-refractivity contribution is -0.143. The summed E-state index contributed by atoms with van der Waals surface area (Å²) in [5, 5.41) is 3.37. The number of hydrogen-bond donors (Lipinski definition) is 1. The van der Waals surface area contributed by atoms with Crippen LogP contribution in [0.2, 0.25) is 10.0 Å². The van der Waals surface area contributed by atoms with E-state index in [1.165, 1.54) is 0 Å². The van der Waals surface area contributed by atoms with E-state index in [1.54, 1.807) is 30.0 Å². The van der Waals surface area contributed by atoms with Crippen molar-refractivity contribution < 1.29 is 14.3 Å². The zero-order valence-electron chi connectivity index (χ0n) is 12.7. The Morgan fingerprint density at radius 3 is 2.59 bits per heavy atom. The number of esters is 1. The van der Waals surface area contributed by atoms with Crippen molar-refractivity contribution in [2.24, 2.45) is 0 Å². The van der Waals surface area contributed by atoms with Crippen LogP contribution in [0, 0.1) is 0 Å². The minimum atomic E-state index is -0.324. The quantitative estimate of drug-likeness (QED) is 0.753. The normalized spacial score (nSPS) is 10.2. The predicted molar refractivity (Wildman–Crippen MR) is 88.6 cm³/mol. The molecule has 0 fully saturated rings. The SMILES string of the molecule is CCCN(CCC(=O)OCC)C(=O)Nc1cccc(Cl)c1Cl. The van der Waals surface area contributed by atoms with Gasteiger partial charge >= 0.3 is 12.0 Å². The second-order valence-corrected chi connectivity index (χ2v) is 5.36. The Kier molecular flexibility index (Phi) is 8.06. The van der Waals surface area contributed by atoms with E-state index in [9.17, 15) is 9.59 Å². The van der Waals surface area contributed by atoms with Crippen LogP contribution in [0.4, 0.5) is 10.5 Å².